The SMILES string of the molecule is COc1cnccc1C(=O)Cc1ccn(C(C)C)n1. The van der Waals surface area contributed by atoms with Gasteiger partial charge < -0.3 is 4.74 Å². The molecule has 0 amide bonds. The van der Waals surface area contributed by atoms with E-state index in [4.69, 9.17) is 4.74 Å². The highest BCUT2D eigenvalue weighted by Gasteiger charge is 2.14. The van der Waals surface area contributed by atoms with E-state index in [1.165, 1.54) is 7.11 Å². The molecule has 0 N–H and O–H groups in total. The summed E-state index contributed by atoms with van der Waals surface area (Å²) in [5, 5.41) is 4.37. The van der Waals surface area contributed by atoms with Crippen molar-refractivity contribution in [3.63, 3.8) is 0 Å². The predicted molar refractivity (Wildman–Crippen MR) is 71.4 cm³/mol. The molecule has 0 saturated heterocycles. The Morgan fingerprint density at radius 1 is 1.42 bits per heavy atom. The lowest BCUT2D eigenvalue weighted by atomic mass is 10.1. The Bertz CT molecular complexity index is 576. The van der Waals surface area contributed by atoms with Gasteiger partial charge in [-0.2, -0.15) is 5.10 Å². The van der Waals surface area contributed by atoms with Crippen molar-refractivity contribution in [2.24, 2.45) is 0 Å². The number of carbonyl (C=O) groups is 1. The van der Waals surface area contributed by atoms with Gasteiger partial charge in [0.15, 0.2) is 5.78 Å². The van der Waals surface area contributed by atoms with E-state index in [9.17, 15) is 4.79 Å². The highest BCUT2D eigenvalue weighted by Crippen LogP contribution is 2.18. The summed E-state index contributed by atoms with van der Waals surface area (Å²) in [5.74, 6) is 0.476. The maximum Gasteiger partial charge on any atom is 0.172 e. The topological polar surface area (TPSA) is 57.0 Å². The van der Waals surface area contributed by atoms with E-state index >= 15 is 0 Å². The van der Waals surface area contributed by atoms with E-state index in [0.29, 0.717) is 17.4 Å². The lowest BCUT2D eigenvalue weighted by Gasteiger charge is -2.06. The molecule has 0 radical (unpaired) electrons. The van der Waals surface area contributed by atoms with Crippen LogP contribution >= 0.6 is 0 Å². The van der Waals surface area contributed by atoms with Crippen molar-refractivity contribution >= 4 is 5.78 Å². The van der Waals surface area contributed by atoms with Crippen molar-refractivity contribution in [2.75, 3.05) is 7.11 Å². The third-order valence-electron chi connectivity index (χ3n) is 2.84. The monoisotopic (exact) mass is 259 g/mol. The smallest absolute Gasteiger partial charge is 0.172 e. The molecular formula is C14H17N3O2. The quantitative estimate of drug-likeness (QED) is 0.773. The van der Waals surface area contributed by atoms with Crippen LogP contribution < -0.4 is 4.74 Å². The van der Waals surface area contributed by atoms with Crippen LogP contribution in [0.4, 0.5) is 0 Å². The van der Waals surface area contributed by atoms with E-state index in [2.05, 4.69) is 10.1 Å². The van der Waals surface area contributed by atoms with Crippen LogP contribution in [0.5, 0.6) is 5.75 Å². The zero-order valence-corrected chi connectivity index (χ0v) is 11.3. The van der Waals surface area contributed by atoms with E-state index in [1.54, 1.807) is 18.5 Å². The van der Waals surface area contributed by atoms with E-state index in [1.807, 2.05) is 30.8 Å². The highest BCUT2D eigenvalue weighted by molar-refractivity contribution is 5.99. The van der Waals surface area contributed by atoms with Gasteiger partial charge in [-0.25, -0.2) is 0 Å². The van der Waals surface area contributed by atoms with E-state index in [-0.39, 0.29) is 12.2 Å². The first-order valence-corrected chi connectivity index (χ1v) is 6.17. The minimum Gasteiger partial charge on any atom is -0.494 e. The van der Waals surface area contributed by atoms with Crippen LogP contribution in [0.25, 0.3) is 0 Å². The zero-order chi connectivity index (χ0) is 13.8. The predicted octanol–water partition coefficient (Wildman–Crippen LogP) is 2.29. The van der Waals surface area contributed by atoms with Crippen LogP contribution in [-0.2, 0) is 6.42 Å². The molecule has 5 nitrogen and oxygen atoms in total. The van der Waals surface area contributed by atoms with Crippen molar-refractivity contribution in [1.82, 2.24) is 14.8 Å². The summed E-state index contributed by atoms with van der Waals surface area (Å²) in [6.07, 6.45) is 5.28. The van der Waals surface area contributed by atoms with E-state index < -0.39 is 0 Å². The number of ketones is 1. The summed E-state index contributed by atoms with van der Waals surface area (Å²) < 4.78 is 6.98. The standard InChI is InChI=1S/C14H17N3O2/c1-10(2)17-7-5-11(16-17)8-13(18)12-4-6-15-9-14(12)19-3/h4-7,9-10H,8H2,1-3H3. The Balaban J connectivity index is 2.16. The van der Waals surface area contributed by atoms with Crippen molar-refractivity contribution in [3.8, 4) is 5.75 Å². The fourth-order valence-electron chi connectivity index (χ4n) is 1.79. The Morgan fingerprint density at radius 3 is 2.84 bits per heavy atom. The second kappa shape index (κ2) is 5.65. The lowest BCUT2D eigenvalue weighted by molar-refractivity contribution is 0.0988. The Kier molecular flexibility index (Phi) is 3.94. The number of rotatable bonds is 5. The molecule has 0 fully saturated rings. The normalized spacial score (nSPS) is 10.7. The third-order valence-corrected chi connectivity index (χ3v) is 2.84. The van der Waals surface area contributed by atoms with Gasteiger partial charge in [0.2, 0.25) is 0 Å². The average molecular weight is 259 g/mol. The van der Waals surface area contributed by atoms with Gasteiger partial charge >= 0.3 is 0 Å². The van der Waals surface area contributed by atoms with Gasteiger partial charge in [0, 0.05) is 18.4 Å². The second-order valence-electron chi connectivity index (χ2n) is 4.56. The molecule has 2 aromatic rings. The summed E-state index contributed by atoms with van der Waals surface area (Å²) in [6.45, 7) is 4.09. The molecule has 0 unspecified atom stereocenters. The summed E-state index contributed by atoms with van der Waals surface area (Å²) in [5.41, 5.74) is 1.30. The Labute approximate surface area is 112 Å². The first-order valence-electron chi connectivity index (χ1n) is 6.17. The minimum absolute atomic E-state index is 0.0201. The molecule has 0 atom stereocenters. The van der Waals surface area contributed by atoms with Crippen molar-refractivity contribution in [1.29, 1.82) is 0 Å². The number of Topliss-reactive ketones (excluding diaryl/α,β-unsaturated/α-hetero) is 1. The number of pyridine rings is 1. The van der Waals surface area contributed by atoms with Crippen LogP contribution in [0.2, 0.25) is 0 Å². The van der Waals surface area contributed by atoms with Gasteiger partial charge in [-0.15, -0.1) is 0 Å². The first kappa shape index (κ1) is 13.3. The third kappa shape index (κ3) is 2.99. The molecule has 100 valence electrons. The fraction of sp³-hybridized carbons (Fsp3) is 0.357. The summed E-state index contributed by atoms with van der Waals surface area (Å²) in [6, 6.07) is 3.82. The second-order valence-corrected chi connectivity index (χ2v) is 4.56. The number of aromatic nitrogens is 3. The fourth-order valence-corrected chi connectivity index (χ4v) is 1.79. The number of carbonyl (C=O) groups excluding carboxylic acids is 1. The number of ether oxygens (including phenoxy) is 1. The van der Waals surface area contributed by atoms with Gasteiger partial charge in [0.25, 0.3) is 0 Å². The molecule has 0 bridgehead atoms. The average Bonchev–Trinajstić information content (AvgIpc) is 2.87. The maximum atomic E-state index is 12.2. The number of hydrogen-bond donors (Lipinski definition) is 0. The van der Waals surface area contributed by atoms with Crippen molar-refractivity contribution in [3.05, 3.63) is 42.0 Å². The zero-order valence-electron chi connectivity index (χ0n) is 11.3. The number of hydrogen-bond acceptors (Lipinski definition) is 4. The molecule has 0 aliphatic rings. The molecule has 2 rings (SSSR count). The Morgan fingerprint density at radius 2 is 2.21 bits per heavy atom. The van der Waals surface area contributed by atoms with Crippen LogP contribution in [0.15, 0.2) is 30.7 Å². The number of nitrogens with zero attached hydrogens (tertiary/aromatic N) is 3. The largest absolute Gasteiger partial charge is 0.494 e. The van der Waals surface area contributed by atoms with Crippen molar-refractivity contribution < 1.29 is 9.53 Å². The first-order chi connectivity index (χ1) is 9.11. The molecule has 0 spiro atoms. The molecule has 0 aliphatic heterocycles. The Hall–Kier alpha value is -2.17. The highest BCUT2D eigenvalue weighted by atomic mass is 16.5. The molecule has 2 aromatic heterocycles. The minimum atomic E-state index is -0.0201. The van der Waals surface area contributed by atoms with Gasteiger partial charge in [0.05, 0.1) is 31.0 Å². The molecule has 0 aliphatic carbocycles. The van der Waals surface area contributed by atoms with Crippen LogP contribution in [-0.4, -0.2) is 27.7 Å². The lowest BCUT2D eigenvalue weighted by Crippen LogP contribution is -2.08. The van der Waals surface area contributed by atoms with Crippen LogP contribution in [0.1, 0.15) is 35.9 Å². The van der Waals surface area contributed by atoms with Gasteiger partial charge in [0.1, 0.15) is 5.75 Å². The van der Waals surface area contributed by atoms with Crippen LogP contribution in [0, 0.1) is 0 Å². The van der Waals surface area contributed by atoms with Crippen LogP contribution in [0.3, 0.4) is 0 Å². The molecule has 0 aromatic carbocycles. The molecule has 2 heterocycles. The van der Waals surface area contributed by atoms with Gasteiger partial charge in [-0.1, -0.05) is 0 Å². The maximum absolute atomic E-state index is 12.2. The molecule has 19 heavy (non-hydrogen) atoms. The summed E-state index contributed by atoms with van der Waals surface area (Å²) in [4.78, 5) is 16.2. The van der Waals surface area contributed by atoms with Crippen molar-refractivity contribution in [2.45, 2.75) is 26.3 Å². The number of methoxy groups -OCH3 is 1. The molecular weight excluding hydrogens is 242 g/mol. The van der Waals surface area contributed by atoms with Gasteiger partial charge in [-0.3, -0.25) is 14.5 Å². The molecule has 5 heteroatoms. The molecule has 0 saturated carbocycles. The summed E-state index contributed by atoms with van der Waals surface area (Å²) in [7, 11) is 1.53. The van der Waals surface area contributed by atoms with Gasteiger partial charge in [-0.05, 0) is 26.0 Å². The summed E-state index contributed by atoms with van der Waals surface area (Å²) >= 11 is 0. The van der Waals surface area contributed by atoms with E-state index in [0.717, 1.165) is 5.69 Å².